The van der Waals surface area contributed by atoms with Crippen molar-refractivity contribution in [2.24, 2.45) is 0 Å². The van der Waals surface area contributed by atoms with Gasteiger partial charge in [-0.1, -0.05) is 11.3 Å². The third-order valence-electron chi connectivity index (χ3n) is 5.56. The normalized spacial score (nSPS) is 14.9. The summed E-state index contributed by atoms with van der Waals surface area (Å²) in [5.41, 5.74) is -2.95. The first-order valence-corrected chi connectivity index (χ1v) is 11.5. The Kier molecular flexibility index (Phi) is 7.17. The van der Waals surface area contributed by atoms with Crippen molar-refractivity contribution in [3.05, 3.63) is 68.2 Å². The molecular weight excluding hydrogens is 492 g/mol. The topological polar surface area (TPSA) is 88.8 Å². The van der Waals surface area contributed by atoms with Gasteiger partial charge in [-0.25, -0.2) is 4.39 Å². The van der Waals surface area contributed by atoms with E-state index in [1.165, 1.54) is 12.1 Å². The molecule has 1 fully saturated rings. The number of hydrogen-bond acceptors (Lipinski definition) is 8. The highest BCUT2D eigenvalue weighted by Gasteiger charge is 2.34. The molecule has 0 amide bonds. The van der Waals surface area contributed by atoms with Gasteiger partial charge >= 0.3 is 6.18 Å². The van der Waals surface area contributed by atoms with Crippen LogP contribution in [0.1, 0.15) is 12.0 Å². The van der Waals surface area contributed by atoms with Crippen LogP contribution in [-0.4, -0.2) is 54.1 Å². The number of hydrogen-bond donors (Lipinski definition) is 0. The largest absolute Gasteiger partial charge is 0.494 e. The number of non-ortho nitro benzene ring substituents is 1. The van der Waals surface area contributed by atoms with Gasteiger partial charge in [0.05, 0.1) is 22.5 Å². The van der Waals surface area contributed by atoms with Gasteiger partial charge in [0.2, 0.25) is 0 Å². The molecular formula is C22H20F4N4O4S. The number of alkyl halides is 3. The molecule has 0 N–H and O–H groups in total. The standard InChI is InChI=1S/C22H20F4N4O4S/c23-15-2-4-16(5-3-15)34-11-1-6-28-7-9-29(10-8-28)21-27-20(31)17-12-14(22(24,25)26)13-18(30(32)33)19(17)35-21/h2-5,12-13H,1,6-11H2. The van der Waals surface area contributed by atoms with E-state index in [1.807, 2.05) is 0 Å². The number of piperazine rings is 1. The summed E-state index contributed by atoms with van der Waals surface area (Å²) in [7, 11) is 0. The van der Waals surface area contributed by atoms with E-state index in [-0.39, 0.29) is 15.6 Å². The molecule has 1 aliphatic rings. The lowest BCUT2D eigenvalue weighted by atomic mass is 10.1. The van der Waals surface area contributed by atoms with E-state index in [0.29, 0.717) is 50.7 Å². The van der Waals surface area contributed by atoms with Crippen molar-refractivity contribution in [3.8, 4) is 5.75 Å². The zero-order chi connectivity index (χ0) is 25.2. The van der Waals surface area contributed by atoms with E-state index < -0.39 is 33.3 Å². The van der Waals surface area contributed by atoms with Gasteiger partial charge in [0.1, 0.15) is 16.3 Å². The van der Waals surface area contributed by atoms with Gasteiger partial charge in [-0.05, 0) is 36.8 Å². The van der Waals surface area contributed by atoms with Gasteiger partial charge in [0.15, 0.2) is 5.13 Å². The molecule has 0 saturated carbocycles. The second-order valence-electron chi connectivity index (χ2n) is 7.91. The maximum Gasteiger partial charge on any atom is 0.416 e. The highest BCUT2D eigenvalue weighted by atomic mass is 32.1. The minimum Gasteiger partial charge on any atom is -0.494 e. The Bertz CT molecular complexity index is 1280. The molecule has 13 heteroatoms. The summed E-state index contributed by atoms with van der Waals surface area (Å²) in [6.07, 6.45) is -4.08. The number of benzene rings is 2. The van der Waals surface area contributed by atoms with Crippen molar-refractivity contribution >= 4 is 32.2 Å². The van der Waals surface area contributed by atoms with Gasteiger partial charge in [0.25, 0.3) is 11.2 Å². The predicted octanol–water partition coefficient (Wildman–Crippen LogP) is 4.31. The van der Waals surface area contributed by atoms with Crippen LogP contribution in [0.2, 0.25) is 0 Å². The smallest absolute Gasteiger partial charge is 0.416 e. The molecule has 0 bridgehead atoms. The molecule has 0 radical (unpaired) electrons. The molecule has 0 atom stereocenters. The molecule has 4 rings (SSSR count). The fraction of sp³-hybridized carbons (Fsp3) is 0.364. The Hall–Kier alpha value is -3.32. The van der Waals surface area contributed by atoms with Crippen LogP contribution in [0.3, 0.4) is 0 Å². The van der Waals surface area contributed by atoms with Crippen LogP contribution in [0.15, 0.2) is 41.2 Å². The Morgan fingerprint density at radius 1 is 1.11 bits per heavy atom. The molecule has 35 heavy (non-hydrogen) atoms. The van der Waals surface area contributed by atoms with Crippen LogP contribution >= 0.6 is 11.3 Å². The Morgan fingerprint density at radius 2 is 1.80 bits per heavy atom. The van der Waals surface area contributed by atoms with Crippen LogP contribution in [-0.2, 0) is 6.18 Å². The first-order valence-electron chi connectivity index (χ1n) is 10.7. The molecule has 0 unspecified atom stereocenters. The molecule has 0 spiro atoms. The van der Waals surface area contributed by atoms with Gasteiger partial charge in [-0.3, -0.25) is 19.8 Å². The van der Waals surface area contributed by atoms with Crippen molar-refractivity contribution in [2.45, 2.75) is 12.6 Å². The minimum absolute atomic E-state index is 0.127. The second-order valence-corrected chi connectivity index (χ2v) is 8.89. The molecule has 0 aliphatic carbocycles. The molecule has 2 heterocycles. The summed E-state index contributed by atoms with van der Waals surface area (Å²) in [5, 5.41) is 11.3. The summed E-state index contributed by atoms with van der Waals surface area (Å²) < 4.78 is 57.8. The molecule has 1 saturated heterocycles. The highest BCUT2D eigenvalue weighted by molar-refractivity contribution is 7.22. The highest BCUT2D eigenvalue weighted by Crippen LogP contribution is 2.38. The SMILES string of the molecule is O=c1nc(N2CCN(CCCOc3ccc(F)cc3)CC2)sc2c([N+](=O)[O-])cc(C(F)(F)F)cc12. The molecule has 1 aliphatic heterocycles. The zero-order valence-electron chi connectivity index (χ0n) is 18.3. The van der Waals surface area contributed by atoms with Gasteiger partial charge in [0, 0.05) is 38.8 Å². The summed E-state index contributed by atoms with van der Waals surface area (Å²) in [4.78, 5) is 30.9. The second kappa shape index (κ2) is 10.1. The van der Waals surface area contributed by atoms with E-state index in [9.17, 15) is 32.5 Å². The van der Waals surface area contributed by atoms with E-state index in [1.54, 1.807) is 17.0 Å². The summed E-state index contributed by atoms with van der Waals surface area (Å²) in [6, 6.07) is 6.84. The van der Waals surface area contributed by atoms with E-state index in [4.69, 9.17) is 4.74 Å². The summed E-state index contributed by atoms with van der Waals surface area (Å²) >= 11 is 0.844. The molecule has 2 aromatic carbocycles. The van der Waals surface area contributed by atoms with Crippen molar-refractivity contribution in [3.63, 3.8) is 0 Å². The van der Waals surface area contributed by atoms with Gasteiger partial charge in [-0.2, -0.15) is 18.2 Å². The average molecular weight is 512 g/mol. The van der Waals surface area contributed by atoms with Crippen LogP contribution in [0.4, 0.5) is 28.4 Å². The molecule has 1 aromatic heterocycles. The maximum atomic E-state index is 13.1. The van der Waals surface area contributed by atoms with E-state index >= 15 is 0 Å². The molecule has 3 aromatic rings. The lowest BCUT2D eigenvalue weighted by molar-refractivity contribution is -0.383. The monoisotopic (exact) mass is 512 g/mol. The quantitative estimate of drug-likeness (QED) is 0.202. The number of rotatable bonds is 7. The number of nitro benzene ring substituents is 1. The van der Waals surface area contributed by atoms with Crippen molar-refractivity contribution in [1.29, 1.82) is 0 Å². The van der Waals surface area contributed by atoms with E-state index in [0.717, 1.165) is 24.3 Å². The molecule has 186 valence electrons. The fourth-order valence-electron chi connectivity index (χ4n) is 3.75. The van der Waals surface area contributed by atoms with Crippen molar-refractivity contribution in [1.82, 2.24) is 9.88 Å². The fourth-order valence-corrected chi connectivity index (χ4v) is 4.86. The number of nitro groups is 1. The van der Waals surface area contributed by atoms with Crippen molar-refractivity contribution < 1.29 is 27.2 Å². The first-order chi connectivity index (χ1) is 16.6. The summed E-state index contributed by atoms with van der Waals surface area (Å²) in [5.74, 6) is 0.256. The Labute approximate surface area is 200 Å². The third-order valence-corrected chi connectivity index (χ3v) is 6.72. The predicted molar refractivity (Wildman–Crippen MR) is 123 cm³/mol. The van der Waals surface area contributed by atoms with Crippen LogP contribution in [0.25, 0.3) is 10.1 Å². The lowest BCUT2D eigenvalue weighted by Crippen LogP contribution is -2.47. The third kappa shape index (κ3) is 5.85. The number of fused-ring (bicyclic) bond motifs is 1. The van der Waals surface area contributed by atoms with Gasteiger partial charge in [-0.15, -0.1) is 0 Å². The zero-order valence-corrected chi connectivity index (χ0v) is 19.1. The van der Waals surface area contributed by atoms with Crippen molar-refractivity contribution in [2.75, 3.05) is 44.2 Å². The number of aromatic nitrogens is 1. The summed E-state index contributed by atoms with van der Waals surface area (Å²) in [6.45, 7) is 3.51. The lowest BCUT2D eigenvalue weighted by Gasteiger charge is -2.34. The van der Waals surface area contributed by atoms with Crippen LogP contribution in [0, 0.1) is 15.9 Å². The number of anilines is 1. The molecule has 8 nitrogen and oxygen atoms in total. The average Bonchev–Trinajstić information content (AvgIpc) is 2.82. The number of ether oxygens (including phenoxy) is 1. The maximum absolute atomic E-state index is 13.1. The van der Waals surface area contributed by atoms with Gasteiger partial charge < -0.3 is 9.64 Å². The van der Waals surface area contributed by atoms with Crippen LogP contribution in [0.5, 0.6) is 5.75 Å². The Balaban J connectivity index is 1.40. The Morgan fingerprint density at radius 3 is 2.43 bits per heavy atom. The number of halogens is 4. The minimum atomic E-state index is -4.82. The van der Waals surface area contributed by atoms with Crippen LogP contribution < -0.4 is 15.2 Å². The number of nitrogens with zero attached hydrogens (tertiary/aromatic N) is 4. The van der Waals surface area contributed by atoms with E-state index in [2.05, 4.69) is 9.88 Å². The first kappa shape index (κ1) is 24.8.